The molecule has 1 heterocycles. The Bertz CT molecular complexity index is 382. The second-order valence-electron chi connectivity index (χ2n) is 4.40. The number of nitrogen functional groups attached to an aromatic ring is 1. The molecule has 17 heavy (non-hydrogen) atoms. The van der Waals surface area contributed by atoms with Crippen LogP contribution in [0.4, 0.5) is 11.5 Å². The quantitative estimate of drug-likeness (QED) is 0.791. The second-order valence-corrected chi connectivity index (χ2v) is 4.79. The number of pyridine rings is 1. The van der Waals surface area contributed by atoms with E-state index in [-0.39, 0.29) is 6.61 Å². The fourth-order valence-electron chi connectivity index (χ4n) is 2.07. The number of anilines is 2. The summed E-state index contributed by atoms with van der Waals surface area (Å²) in [4.78, 5) is 6.50. The number of nitrogens with zero attached hydrogens (tertiary/aromatic N) is 2. The highest BCUT2D eigenvalue weighted by atomic mass is 35.5. The third-order valence-corrected chi connectivity index (χ3v) is 3.43. The number of rotatable bonds is 5. The minimum Gasteiger partial charge on any atom is -0.396 e. The summed E-state index contributed by atoms with van der Waals surface area (Å²) >= 11 is 5.92. The van der Waals surface area contributed by atoms with E-state index < -0.39 is 0 Å². The van der Waals surface area contributed by atoms with Gasteiger partial charge in [0.1, 0.15) is 5.15 Å². The van der Waals surface area contributed by atoms with E-state index in [1.807, 2.05) is 0 Å². The lowest BCUT2D eigenvalue weighted by molar-refractivity contribution is 0.282. The van der Waals surface area contributed by atoms with Crippen molar-refractivity contribution in [3.05, 3.63) is 17.3 Å². The maximum atomic E-state index is 8.95. The summed E-state index contributed by atoms with van der Waals surface area (Å²) in [6.07, 6.45) is 4.31. The van der Waals surface area contributed by atoms with E-state index >= 15 is 0 Å². The number of halogens is 1. The molecule has 1 aromatic rings. The fourth-order valence-corrected chi connectivity index (χ4v) is 2.21. The first-order valence-electron chi connectivity index (χ1n) is 6.02. The van der Waals surface area contributed by atoms with Gasteiger partial charge in [-0.25, -0.2) is 4.98 Å². The third kappa shape index (κ3) is 2.82. The number of nitrogens with two attached hydrogens (primary N) is 1. The van der Waals surface area contributed by atoms with Crippen LogP contribution >= 0.6 is 11.6 Å². The van der Waals surface area contributed by atoms with E-state index in [1.54, 1.807) is 12.1 Å². The van der Waals surface area contributed by atoms with Crippen LogP contribution in [-0.2, 0) is 0 Å². The van der Waals surface area contributed by atoms with Crippen LogP contribution in [0.3, 0.4) is 0 Å². The van der Waals surface area contributed by atoms with Crippen LogP contribution in [0, 0.1) is 0 Å². The Hall–Kier alpha value is -1.00. The summed E-state index contributed by atoms with van der Waals surface area (Å²) < 4.78 is 0. The van der Waals surface area contributed by atoms with E-state index in [0.29, 0.717) is 16.9 Å². The van der Waals surface area contributed by atoms with Gasteiger partial charge in [-0.15, -0.1) is 0 Å². The first kappa shape index (κ1) is 12.5. The maximum Gasteiger partial charge on any atom is 0.153 e. The molecular formula is C12H18ClN3O. The number of hydrogen-bond acceptors (Lipinski definition) is 4. The van der Waals surface area contributed by atoms with Crippen LogP contribution in [0.25, 0.3) is 0 Å². The zero-order chi connectivity index (χ0) is 12.3. The van der Waals surface area contributed by atoms with Crippen molar-refractivity contribution >= 4 is 23.1 Å². The zero-order valence-electron chi connectivity index (χ0n) is 9.77. The summed E-state index contributed by atoms with van der Waals surface area (Å²) in [5.74, 6) is 0.760. The molecule has 0 saturated heterocycles. The van der Waals surface area contributed by atoms with E-state index in [0.717, 1.165) is 18.8 Å². The van der Waals surface area contributed by atoms with Gasteiger partial charge in [-0.05, 0) is 37.8 Å². The van der Waals surface area contributed by atoms with Gasteiger partial charge < -0.3 is 15.7 Å². The lowest BCUT2D eigenvalue weighted by Crippen LogP contribution is -2.42. The Labute approximate surface area is 106 Å². The molecule has 0 aromatic carbocycles. The molecule has 1 saturated carbocycles. The van der Waals surface area contributed by atoms with E-state index in [1.165, 1.54) is 19.3 Å². The number of aromatic nitrogens is 1. The summed E-state index contributed by atoms with van der Waals surface area (Å²) in [5, 5.41) is 9.41. The van der Waals surface area contributed by atoms with Gasteiger partial charge in [0.05, 0.1) is 5.69 Å². The standard InChI is InChI=1S/C12H18ClN3O/c13-11-6-5-10(14)12(15-11)16(7-2-8-17)9-3-1-4-9/h5-6,9,17H,1-4,7-8,14H2. The highest BCUT2D eigenvalue weighted by Gasteiger charge is 2.26. The van der Waals surface area contributed by atoms with Gasteiger partial charge in [0.15, 0.2) is 5.82 Å². The monoisotopic (exact) mass is 255 g/mol. The normalized spacial score (nSPS) is 15.6. The Kier molecular flexibility index (Phi) is 4.07. The highest BCUT2D eigenvalue weighted by molar-refractivity contribution is 6.29. The van der Waals surface area contributed by atoms with Gasteiger partial charge >= 0.3 is 0 Å². The molecule has 1 aromatic heterocycles. The smallest absolute Gasteiger partial charge is 0.153 e. The summed E-state index contributed by atoms with van der Waals surface area (Å²) in [6.45, 7) is 0.961. The Morgan fingerprint density at radius 1 is 1.47 bits per heavy atom. The molecule has 0 radical (unpaired) electrons. The van der Waals surface area contributed by atoms with Crippen molar-refractivity contribution in [2.24, 2.45) is 0 Å². The van der Waals surface area contributed by atoms with Gasteiger partial charge in [-0.2, -0.15) is 0 Å². The largest absolute Gasteiger partial charge is 0.396 e. The molecule has 1 aliphatic carbocycles. The second kappa shape index (κ2) is 5.56. The molecule has 0 atom stereocenters. The van der Waals surface area contributed by atoms with Crippen molar-refractivity contribution in [1.29, 1.82) is 0 Å². The number of aliphatic hydroxyl groups is 1. The lowest BCUT2D eigenvalue weighted by atomic mass is 9.91. The zero-order valence-corrected chi connectivity index (χ0v) is 10.5. The van der Waals surface area contributed by atoms with Crippen molar-refractivity contribution in [3.8, 4) is 0 Å². The molecule has 0 unspecified atom stereocenters. The average molecular weight is 256 g/mol. The van der Waals surface area contributed by atoms with Crippen LogP contribution in [0.5, 0.6) is 0 Å². The minimum absolute atomic E-state index is 0.184. The summed E-state index contributed by atoms with van der Waals surface area (Å²) in [6, 6.07) is 3.98. The Morgan fingerprint density at radius 3 is 2.82 bits per heavy atom. The summed E-state index contributed by atoms with van der Waals surface area (Å²) in [7, 11) is 0. The van der Waals surface area contributed by atoms with Crippen LogP contribution in [0.2, 0.25) is 5.15 Å². The molecule has 4 nitrogen and oxygen atoms in total. The predicted octanol–water partition coefficient (Wildman–Crippen LogP) is 2.06. The van der Waals surface area contributed by atoms with E-state index in [9.17, 15) is 0 Å². The Balaban J connectivity index is 2.20. The molecule has 0 bridgehead atoms. The molecule has 0 spiro atoms. The van der Waals surface area contributed by atoms with Crippen molar-refractivity contribution in [2.75, 3.05) is 23.8 Å². The van der Waals surface area contributed by atoms with Crippen LogP contribution in [0.1, 0.15) is 25.7 Å². The van der Waals surface area contributed by atoms with Gasteiger partial charge in [0, 0.05) is 19.2 Å². The molecule has 2 rings (SSSR count). The minimum atomic E-state index is 0.184. The first-order valence-corrected chi connectivity index (χ1v) is 6.39. The van der Waals surface area contributed by atoms with Gasteiger partial charge in [-0.3, -0.25) is 0 Å². The molecule has 3 N–H and O–H groups in total. The fraction of sp³-hybridized carbons (Fsp3) is 0.583. The van der Waals surface area contributed by atoms with Gasteiger partial charge in [-0.1, -0.05) is 11.6 Å². The molecule has 0 amide bonds. The number of aliphatic hydroxyl groups excluding tert-OH is 1. The SMILES string of the molecule is Nc1ccc(Cl)nc1N(CCCO)C1CCC1. The molecule has 1 fully saturated rings. The molecule has 1 aliphatic rings. The third-order valence-electron chi connectivity index (χ3n) is 3.22. The van der Waals surface area contributed by atoms with Gasteiger partial charge in [0.2, 0.25) is 0 Å². The van der Waals surface area contributed by atoms with Crippen molar-refractivity contribution in [1.82, 2.24) is 4.98 Å². The lowest BCUT2D eigenvalue weighted by Gasteiger charge is -2.39. The molecule has 0 aliphatic heterocycles. The van der Waals surface area contributed by atoms with Crippen LogP contribution in [0.15, 0.2) is 12.1 Å². The Morgan fingerprint density at radius 2 is 2.24 bits per heavy atom. The van der Waals surface area contributed by atoms with E-state index in [4.69, 9.17) is 22.4 Å². The maximum absolute atomic E-state index is 8.95. The predicted molar refractivity (Wildman–Crippen MR) is 70.3 cm³/mol. The molecular weight excluding hydrogens is 238 g/mol. The number of hydrogen-bond donors (Lipinski definition) is 2. The molecule has 94 valence electrons. The van der Waals surface area contributed by atoms with Gasteiger partial charge in [0.25, 0.3) is 0 Å². The highest BCUT2D eigenvalue weighted by Crippen LogP contribution is 2.32. The summed E-state index contributed by atoms with van der Waals surface area (Å²) in [5.41, 5.74) is 6.61. The van der Waals surface area contributed by atoms with Crippen molar-refractivity contribution in [2.45, 2.75) is 31.7 Å². The molecule has 5 heteroatoms. The average Bonchev–Trinajstić information content (AvgIpc) is 2.25. The van der Waals surface area contributed by atoms with Crippen LogP contribution in [-0.4, -0.2) is 29.3 Å². The van der Waals surface area contributed by atoms with Crippen LogP contribution < -0.4 is 10.6 Å². The van der Waals surface area contributed by atoms with Crippen molar-refractivity contribution in [3.63, 3.8) is 0 Å². The van der Waals surface area contributed by atoms with E-state index in [2.05, 4.69) is 9.88 Å². The topological polar surface area (TPSA) is 62.4 Å². The van der Waals surface area contributed by atoms with Crippen molar-refractivity contribution < 1.29 is 5.11 Å². The first-order chi connectivity index (χ1) is 8.22.